The van der Waals surface area contributed by atoms with Crippen LogP contribution in [0.1, 0.15) is 37.5 Å². The van der Waals surface area contributed by atoms with Gasteiger partial charge in [-0.2, -0.15) is 0 Å². The predicted octanol–water partition coefficient (Wildman–Crippen LogP) is 3.09. The smallest absolute Gasteiger partial charge is 0.228 e. The third-order valence-electron chi connectivity index (χ3n) is 6.23. The number of amidine groups is 1. The Morgan fingerprint density at radius 2 is 1.97 bits per heavy atom. The second-order valence-corrected chi connectivity index (χ2v) is 9.26. The van der Waals surface area contributed by atoms with Crippen molar-refractivity contribution in [1.29, 1.82) is 5.41 Å². The van der Waals surface area contributed by atoms with Gasteiger partial charge in [0.2, 0.25) is 5.91 Å². The van der Waals surface area contributed by atoms with Crippen LogP contribution >= 0.6 is 0 Å². The number of halogens is 1. The number of carbonyl (C=O) groups is 1. The van der Waals surface area contributed by atoms with E-state index in [2.05, 4.69) is 19.9 Å². The number of fused-ring (bicyclic) bond motifs is 2. The SMILES string of the molecule is CC1(C)CCN(CCOc2cc(F)cc3[nH]c(Cc4nc5ccc(C(=N)N)cc5[nH]4)nc23)C1=O. The molecule has 176 valence electrons. The van der Waals surface area contributed by atoms with E-state index in [4.69, 9.17) is 15.9 Å². The van der Waals surface area contributed by atoms with Gasteiger partial charge < -0.3 is 25.3 Å². The first kappa shape index (κ1) is 21.9. The highest BCUT2D eigenvalue weighted by Crippen LogP contribution is 2.31. The molecule has 0 radical (unpaired) electrons. The Morgan fingerprint density at radius 3 is 2.71 bits per heavy atom. The summed E-state index contributed by atoms with van der Waals surface area (Å²) in [6.07, 6.45) is 1.19. The summed E-state index contributed by atoms with van der Waals surface area (Å²) >= 11 is 0. The normalized spacial score (nSPS) is 15.5. The lowest BCUT2D eigenvalue weighted by molar-refractivity contribution is -0.134. The second kappa shape index (κ2) is 8.12. The van der Waals surface area contributed by atoms with E-state index >= 15 is 0 Å². The van der Waals surface area contributed by atoms with Crippen LogP contribution in [0.5, 0.6) is 5.75 Å². The number of nitrogen functional groups attached to an aromatic ring is 1. The van der Waals surface area contributed by atoms with Gasteiger partial charge in [0.1, 0.15) is 41.2 Å². The van der Waals surface area contributed by atoms with Crippen LogP contribution in [0.2, 0.25) is 0 Å². The largest absolute Gasteiger partial charge is 0.489 e. The van der Waals surface area contributed by atoms with Crippen LogP contribution in [-0.4, -0.2) is 56.3 Å². The van der Waals surface area contributed by atoms with Gasteiger partial charge in [0.05, 0.1) is 29.5 Å². The number of imidazole rings is 2. The minimum atomic E-state index is -0.434. The number of nitrogens with one attached hydrogen (secondary N) is 3. The molecular formula is C24H26FN7O2. The molecule has 0 bridgehead atoms. The Balaban J connectivity index is 1.33. The minimum Gasteiger partial charge on any atom is -0.489 e. The third kappa shape index (κ3) is 4.07. The van der Waals surface area contributed by atoms with E-state index in [1.807, 2.05) is 13.8 Å². The fraction of sp³-hybridized carbons (Fsp3) is 0.333. The summed E-state index contributed by atoms with van der Waals surface area (Å²) in [5, 5.41) is 7.59. The van der Waals surface area contributed by atoms with E-state index in [9.17, 15) is 9.18 Å². The lowest BCUT2D eigenvalue weighted by Crippen LogP contribution is -2.34. The predicted molar refractivity (Wildman–Crippen MR) is 126 cm³/mol. The number of rotatable bonds is 7. The Kier molecular flexibility index (Phi) is 5.22. The summed E-state index contributed by atoms with van der Waals surface area (Å²) in [5.74, 6) is 1.28. The molecule has 1 amide bonds. The van der Waals surface area contributed by atoms with Gasteiger partial charge in [0.15, 0.2) is 0 Å². The maximum atomic E-state index is 14.2. The second-order valence-electron chi connectivity index (χ2n) is 9.26. The zero-order valence-electron chi connectivity index (χ0n) is 19.0. The maximum absolute atomic E-state index is 14.2. The standard InChI is InChI=1S/C24H26FN7O2/c1-24(2)5-6-32(23(24)33)7-8-34-18-11-14(25)10-17-21(18)31-20(30-17)12-19-28-15-4-3-13(22(26)27)9-16(15)29-19/h3-4,9-11H,5-8,12H2,1-2H3,(H3,26,27)(H,28,29)(H,30,31). The number of benzene rings is 2. The van der Waals surface area contributed by atoms with E-state index in [0.29, 0.717) is 53.5 Å². The summed E-state index contributed by atoms with van der Waals surface area (Å²) in [6, 6.07) is 8.02. The number of aromatic amines is 2. The first-order valence-corrected chi connectivity index (χ1v) is 11.1. The molecule has 2 aromatic heterocycles. The van der Waals surface area contributed by atoms with Crippen LogP contribution in [0, 0.1) is 16.6 Å². The van der Waals surface area contributed by atoms with Crippen molar-refractivity contribution in [3.05, 3.63) is 53.4 Å². The van der Waals surface area contributed by atoms with Crippen molar-refractivity contribution in [2.24, 2.45) is 11.1 Å². The van der Waals surface area contributed by atoms with E-state index in [-0.39, 0.29) is 23.8 Å². The minimum absolute atomic E-state index is 0.0114. The number of likely N-dealkylation sites (tertiary alicyclic amines) is 1. The van der Waals surface area contributed by atoms with Crippen molar-refractivity contribution in [2.45, 2.75) is 26.7 Å². The molecule has 1 fully saturated rings. The molecule has 0 atom stereocenters. The Labute approximate surface area is 195 Å². The fourth-order valence-electron chi connectivity index (χ4n) is 4.30. The summed E-state index contributed by atoms with van der Waals surface area (Å²) in [4.78, 5) is 29.7. The summed E-state index contributed by atoms with van der Waals surface area (Å²) in [6.45, 7) is 5.29. The highest BCUT2D eigenvalue weighted by atomic mass is 19.1. The summed E-state index contributed by atoms with van der Waals surface area (Å²) in [7, 11) is 0. The van der Waals surface area contributed by atoms with Gasteiger partial charge in [-0.05, 0) is 30.7 Å². The molecule has 3 heterocycles. The average molecular weight is 464 g/mol. The number of hydrogen-bond acceptors (Lipinski definition) is 5. The molecule has 0 unspecified atom stereocenters. The van der Waals surface area contributed by atoms with Gasteiger partial charge >= 0.3 is 0 Å². The van der Waals surface area contributed by atoms with Crippen molar-refractivity contribution >= 4 is 33.8 Å². The molecule has 9 nitrogen and oxygen atoms in total. The molecule has 5 N–H and O–H groups in total. The quantitative estimate of drug-likeness (QED) is 0.247. The molecule has 1 saturated heterocycles. The van der Waals surface area contributed by atoms with Gasteiger partial charge in [-0.3, -0.25) is 10.2 Å². The molecule has 2 aromatic carbocycles. The van der Waals surface area contributed by atoms with Crippen molar-refractivity contribution in [1.82, 2.24) is 24.8 Å². The highest BCUT2D eigenvalue weighted by Gasteiger charge is 2.38. The van der Waals surface area contributed by atoms with Crippen LogP contribution in [0.25, 0.3) is 22.1 Å². The first-order chi connectivity index (χ1) is 16.2. The lowest BCUT2D eigenvalue weighted by atomic mass is 9.92. The molecule has 4 aromatic rings. The number of carbonyl (C=O) groups excluding carboxylic acids is 1. The Bertz CT molecular complexity index is 1420. The van der Waals surface area contributed by atoms with Gasteiger partial charge in [-0.1, -0.05) is 13.8 Å². The van der Waals surface area contributed by atoms with Crippen LogP contribution in [0.15, 0.2) is 30.3 Å². The molecule has 1 aliphatic heterocycles. The summed E-state index contributed by atoms with van der Waals surface area (Å²) in [5.41, 5.74) is 8.42. The zero-order chi connectivity index (χ0) is 24.0. The molecular weight excluding hydrogens is 437 g/mol. The van der Waals surface area contributed by atoms with E-state index in [1.165, 1.54) is 12.1 Å². The number of aromatic nitrogens is 4. The highest BCUT2D eigenvalue weighted by molar-refractivity contribution is 5.98. The molecule has 5 rings (SSSR count). The topological polar surface area (TPSA) is 137 Å². The Hall–Kier alpha value is -3.95. The molecule has 0 saturated carbocycles. The average Bonchev–Trinajstić information content (AvgIpc) is 3.44. The number of nitrogens with two attached hydrogens (primary N) is 1. The number of H-pyrrole nitrogens is 2. The lowest BCUT2D eigenvalue weighted by Gasteiger charge is -2.19. The van der Waals surface area contributed by atoms with Gasteiger partial charge in [-0.25, -0.2) is 14.4 Å². The van der Waals surface area contributed by atoms with E-state index in [1.54, 1.807) is 23.1 Å². The van der Waals surface area contributed by atoms with E-state index in [0.717, 1.165) is 17.5 Å². The van der Waals surface area contributed by atoms with Gasteiger partial charge in [0, 0.05) is 23.6 Å². The van der Waals surface area contributed by atoms with E-state index < -0.39 is 5.82 Å². The first-order valence-electron chi connectivity index (χ1n) is 11.1. The monoisotopic (exact) mass is 463 g/mol. The van der Waals surface area contributed by atoms with Gasteiger partial charge in [0.25, 0.3) is 0 Å². The Morgan fingerprint density at radius 1 is 1.21 bits per heavy atom. The van der Waals surface area contributed by atoms with Crippen LogP contribution in [-0.2, 0) is 11.2 Å². The number of nitrogens with zero attached hydrogens (tertiary/aromatic N) is 3. The van der Waals surface area contributed by atoms with Crippen molar-refractivity contribution in [3.8, 4) is 5.75 Å². The molecule has 0 spiro atoms. The zero-order valence-corrected chi connectivity index (χ0v) is 19.0. The molecule has 34 heavy (non-hydrogen) atoms. The van der Waals surface area contributed by atoms with Gasteiger partial charge in [-0.15, -0.1) is 0 Å². The number of hydrogen-bond donors (Lipinski definition) is 4. The van der Waals surface area contributed by atoms with Crippen LogP contribution < -0.4 is 10.5 Å². The molecule has 0 aliphatic carbocycles. The van der Waals surface area contributed by atoms with Crippen LogP contribution in [0.4, 0.5) is 4.39 Å². The molecule has 1 aliphatic rings. The van der Waals surface area contributed by atoms with Crippen LogP contribution in [0.3, 0.4) is 0 Å². The number of ether oxygens (including phenoxy) is 1. The molecule has 10 heteroatoms. The number of amides is 1. The summed E-state index contributed by atoms with van der Waals surface area (Å²) < 4.78 is 20.1. The fourth-order valence-corrected chi connectivity index (χ4v) is 4.30. The maximum Gasteiger partial charge on any atom is 0.228 e. The van der Waals surface area contributed by atoms with Crippen molar-refractivity contribution in [3.63, 3.8) is 0 Å². The third-order valence-corrected chi connectivity index (χ3v) is 6.23. The van der Waals surface area contributed by atoms with Crippen molar-refractivity contribution in [2.75, 3.05) is 19.7 Å². The van der Waals surface area contributed by atoms with Crippen molar-refractivity contribution < 1.29 is 13.9 Å².